The van der Waals surface area contributed by atoms with Gasteiger partial charge in [-0.2, -0.15) is 0 Å². The number of aryl methyl sites for hydroxylation is 1. The molecule has 0 spiro atoms. The fraction of sp³-hybridized carbons (Fsp3) is 0.286. The fourth-order valence-corrected chi connectivity index (χ4v) is 2.47. The molecule has 1 heterocycles. The van der Waals surface area contributed by atoms with Crippen molar-refractivity contribution in [3.63, 3.8) is 0 Å². The first-order valence-electron chi connectivity index (χ1n) is 6.32. The lowest BCUT2D eigenvalue weighted by Gasteiger charge is -2.07. The van der Waals surface area contributed by atoms with Gasteiger partial charge in [-0.05, 0) is 30.7 Å². The summed E-state index contributed by atoms with van der Waals surface area (Å²) in [5, 5.41) is 11.5. The van der Waals surface area contributed by atoms with Crippen LogP contribution >= 0.6 is 11.3 Å². The molecular formula is C14H16N2O3S. The van der Waals surface area contributed by atoms with Crippen LogP contribution in [0.5, 0.6) is 5.75 Å². The standard InChI is InChI=1S/C14H16N2O3S/c1-2-12-13(20-9-15-12)14(18)16-10-3-5-11(6-4-10)19-8-7-17/h3-6,9,17H,2,7-8H2,1H3,(H,16,18). The molecule has 6 heteroatoms. The van der Waals surface area contributed by atoms with Crippen molar-refractivity contribution in [3.05, 3.63) is 40.3 Å². The number of ether oxygens (including phenoxy) is 1. The maximum Gasteiger partial charge on any atom is 0.267 e. The van der Waals surface area contributed by atoms with Gasteiger partial charge in [0, 0.05) is 5.69 Å². The van der Waals surface area contributed by atoms with Gasteiger partial charge in [0.2, 0.25) is 0 Å². The van der Waals surface area contributed by atoms with Gasteiger partial charge in [0.1, 0.15) is 17.2 Å². The number of aromatic nitrogens is 1. The molecule has 1 aromatic carbocycles. The number of nitrogens with zero attached hydrogens (tertiary/aromatic N) is 1. The Morgan fingerprint density at radius 3 is 2.80 bits per heavy atom. The average molecular weight is 292 g/mol. The van der Waals surface area contributed by atoms with Crippen LogP contribution in [0.15, 0.2) is 29.8 Å². The topological polar surface area (TPSA) is 71.5 Å². The maximum absolute atomic E-state index is 12.1. The van der Waals surface area contributed by atoms with E-state index in [1.54, 1.807) is 29.8 Å². The van der Waals surface area contributed by atoms with E-state index in [1.807, 2.05) is 6.92 Å². The zero-order valence-electron chi connectivity index (χ0n) is 11.1. The third-order valence-electron chi connectivity index (χ3n) is 2.65. The van der Waals surface area contributed by atoms with E-state index in [1.165, 1.54) is 11.3 Å². The van der Waals surface area contributed by atoms with Crippen LogP contribution in [0.3, 0.4) is 0 Å². The third kappa shape index (κ3) is 3.55. The van der Waals surface area contributed by atoms with Crippen molar-refractivity contribution >= 4 is 22.9 Å². The lowest BCUT2D eigenvalue weighted by atomic mass is 10.2. The lowest BCUT2D eigenvalue weighted by molar-refractivity contribution is 0.102. The number of hydrogen-bond acceptors (Lipinski definition) is 5. The van der Waals surface area contributed by atoms with Crippen LogP contribution in [0.4, 0.5) is 5.69 Å². The highest BCUT2D eigenvalue weighted by molar-refractivity contribution is 7.12. The van der Waals surface area contributed by atoms with Gasteiger partial charge in [0.05, 0.1) is 17.8 Å². The van der Waals surface area contributed by atoms with Gasteiger partial charge in [0.25, 0.3) is 5.91 Å². The number of hydrogen-bond donors (Lipinski definition) is 2. The molecular weight excluding hydrogens is 276 g/mol. The number of benzene rings is 1. The molecule has 5 nitrogen and oxygen atoms in total. The van der Waals surface area contributed by atoms with Crippen molar-refractivity contribution < 1.29 is 14.6 Å². The number of anilines is 1. The van der Waals surface area contributed by atoms with Crippen molar-refractivity contribution in [2.24, 2.45) is 0 Å². The molecule has 0 saturated heterocycles. The van der Waals surface area contributed by atoms with Gasteiger partial charge in [-0.3, -0.25) is 4.79 Å². The molecule has 1 amide bonds. The first-order chi connectivity index (χ1) is 9.74. The highest BCUT2D eigenvalue weighted by atomic mass is 32.1. The normalized spacial score (nSPS) is 10.3. The van der Waals surface area contributed by atoms with Gasteiger partial charge in [-0.15, -0.1) is 11.3 Å². The Kier molecular flexibility index (Phi) is 5.09. The number of nitrogens with one attached hydrogen (secondary N) is 1. The molecule has 0 bridgehead atoms. The molecule has 106 valence electrons. The first-order valence-corrected chi connectivity index (χ1v) is 7.20. The number of aliphatic hydroxyl groups excluding tert-OH is 1. The van der Waals surface area contributed by atoms with Gasteiger partial charge < -0.3 is 15.2 Å². The predicted octanol–water partition coefficient (Wildman–Crippen LogP) is 2.33. The van der Waals surface area contributed by atoms with E-state index in [9.17, 15) is 4.79 Å². The van der Waals surface area contributed by atoms with Crippen LogP contribution in [0.2, 0.25) is 0 Å². The summed E-state index contributed by atoms with van der Waals surface area (Å²) in [5.41, 5.74) is 3.19. The highest BCUT2D eigenvalue weighted by Gasteiger charge is 2.13. The van der Waals surface area contributed by atoms with Crippen molar-refractivity contribution in [2.45, 2.75) is 13.3 Å². The summed E-state index contributed by atoms with van der Waals surface area (Å²) in [6, 6.07) is 7.02. The Labute approximate surface area is 121 Å². The van der Waals surface area contributed by atoms with Gasteiger partial charge in [0.15, 0.2) is 0 Å². The molecule has 2 N–H and O–H groups in total. The molecule has 0 fully saturated rings. The third-order valence-corrected chi connectivity index (χ3v) is 3.52. The number of carbonyl (C=O) groups is 1. The Bertz CT molecular complexity index is 566. The summed E-state index contributed by atoms with van der Waals surface area (Å²) < 4.78 is 5.25. The molecule has 0 aliphatic carbocycles. The van der Waals surface area contributed by atoms with E-state index in [2.05, 4.69) is 10.3 Å². The minimum atomic E-state index is -0.145. The molecule has 1 aromatic heterocycles. The first kappa shape index (κ1) is 14.5. The minimum absolute atomic E-state index is 0.0241. The SMILES string of the molecule is CCc1ncsc1C(=O)Nc1ccc(OCCO)cc1. The second-order valence-electron chi connectivity index (χ2n) is 4.03. The van der Waals surface area contributed by atoms with Crippen LogP contribution in [0, 0.1) is 0 Å². The number of aliphatic hydroxyl groups is 1. The second kappa shape index (κ2) is 7.02. The van der Waals surface area contributed by atoms with E-state index in [0.29, 0.717) is 16.3 Å². The quantitative estimate of drug-likeness (QED) is 0.857. The Morgan fingerprint density at radius 2 is 2.15 bits per heavy atom. The van der Waals surface area contributed by atoms with E-state index in [0.717, 1.165) is 12.1 Å². The monoisotopic (exact) mass is 292 g/mol. The Hall–Kier alpha value is -1.92. The summed E-state index contributed by atoms with van der Waals surface area (Å²) in [6.45, 7) is 2.20. The van der Waals surface area contributed by atoms with E-state index < -0.39 is 0 Å². The van der Waals surface area contributed by atoms with Gasteiger partial charge in [-0.25, -0.2) is 4.98 Å². The lowest BCUT2D eigenvalue weighted by Crippen LogP contribution is -2.12. The summed E-state index contributed by atoms with van der Waals surface area (Å²) in [6.07, 6.45) is 0.736. The fourth-order valence-electron chi connectivity index (χ4n) is 1.69. The summed E-state index contributed by atoms with van der Waals surface area (Å²) >= 11 is 1.34. The number of carbonyl (C=O) groups excluding carboxylic acids is 1. The van der Waals surface area contributed by atoms with E-state index in [4.69, 9.17) is 9.84 Å². The predicted molar refractivity (Wildman–Crippen MR) is 78.5 cm³/mol. The second-order valence-corrected chi connectivity index (χ2v) is 4.89. The van der Waals surface area contributed by atoms with Crippen LogP contribution in [-0.2, 0) is 6.42 Å². The van der Waals surface area contributed by atoms with Crippen molar-refractivity contribution in [1.29, 1.82) is 0 Å². The zero-order chi connectivity index (χ0) is 14.4. The maximum atomic E-state index is 12.1. The van der Waals surface area contributed by atoms with Crippen molar-refractivity contribution in [2.75, 3.05) is 18.5 Å². The molecule has 0 aliphatic heterocycles. The molecule has 0 radical (unpaired) electrons. The largest absolute Gasteiger partial charge is 0.491 e. The van der Waals surface area contributed by atoms with Crippen molar-refractivity contribution in [3.8, 4) is 5.75 Å². The zero-order valence-corrected chi connectivity index (χ0v) is 11.9. The number of rotatable bonds is 6. The summed E-state index contributed by atoms with van der Waals surface area (Å²) in [5.74, 6) is 0.512. The van der Waals surface area contributed by atoms with E-state index >= 15 is 0 Å². The molecule has 2 aromatic rings. The van der Waals surface area contributed by atoms with Crippen LogP contribution in [0.1, 0.15) is 22.3 Å². The van der Waals surface area contributed by atoms with Crippen LogP contribution < -0.4 is 10.1 Å². The smallest absolute Gasteiger partial charge is 0.267 e. The molecule has 2 rings (SSSR count). The number of thiazole rings is 1. The summed E-state index contributed by atoms with van der Waals surface area (Å²) in [4.78, 5) is 16.9. The number of amides is 1. The van der Waals surface area contributed by atoms with E-state index in [-0.39, 0.29) is 19.1 Å². The average Bonchev–Trinajstić information content (AvgIpc) is 2.95. The van der Waals surface area contributed by atoms with Gasteiger partial charge in [-0.1, -0.05) is 6.92 Å². The molecule has 0 atom stereocenters. The molecule has 0 unspecified atom stereocenters. The Balaban J connectivity index is 2.01. The highest BCUT2D eigenvalue weighted by Crippen LogP contribution is 2.19. The Morgan fingerprint density at radius 1 is 1.40 bits per heavy atom. The molecule has 0 saturated carbocycles. The van der Waals surface area contributed by atoms with Crippen LogP contribution in [0.25, 0.3) is 0 Å². The minimum Gasteiger partial charge on any atom is -0.491 e. The molecule has 20 heavy (non-hydrogen) atoms. The molecule has 0 aliphatic rings. The van der Waals surface area contributed by atoms with Crippen LogP contribution in [-0.4, -0.2) is 29.2 Å². The summed E-state index contributed by atoms with van der Waals surface area (Å²) in [7, 11) is 0. The van der Waals surface area contributed by atoms with Gasteiger partial charge >= 0.3 is 0 Å². The van der Waals surface area contributed by atoms with Crippen molar-refractivity contribution in [1.82, 2.24) is 4.98 Å².